The van der Waals surface area contributed by atoms with Crippen LogP contribution in [0.25, 0.3) is 11.3 Å². The van der Waals surface area contributed by atoms with Crippen LogP contribution in [0.3, 0.4) is 0 Å². The number of esters is 1. The van der Waals surface area contributed by atoms with Crippen molar-refractivity contribution < 1.29 is 9.53 Å². The molecular formula is C15H13N3O2S. The number of thiazole rings is 1. The molecule has 1 aromatic heterocycles. The minimum atomic E-state index is -0.646. The molecule has 2 rings (SSSR count). The van der Waals surface area contributed by atoms with E-state index in [4.69, 9.17) is 10.00 Å². The zero-order valence-electron chi connectivity index (χ0n) is 11.4. The fourth-order valence-corrected chi connectivity index (χ4v) is 2.25. The van der Waals surface area contributed by atoms with Gasteiger partial charge in [0, 0.05) is 17.1 Å². The molecule has 0 atom stereocenters. The third-order valence-corrected chi connectivity index (χ3v) is 3.30. The van der Waals surface area contributed by atoms with Crippen LogP contribution in [0.15, 0.2) is 47.5 Å². The Morgan fingerprint density at radius 3 is 2.90 bits per heavy atom. The summed E-state index contributed by atoms with van der Waals surface area (Å²) >= 11 is 1.39. The smallest absolute Gasteiger partial charge is 0.350 e. The molecule has 106 valence electrons. The van der Waals surface area contributed by atoms with Crippen LogP contribution in [0.5, 0.6) is 0 Å². The first-order valence-corrected chi connectivity index (χ1v) is 7.17. The summed E-state index contributed by atoms with van der Waals surface area (Å²) in [5.74, 6) is -0.646. The Labute approximate surface area is 126 Å². The normalized spacial score (nSPS) is 10.8. The third kappa shape index (κ3) is 3.91. The number of carbonyl (C=O) groups is 1. The fraction of sp³-hybridized carbons (Fsp3) is 0.133. The Morgan fingerprint density at radius 1 is 1.48 bits per heavy atom. The number of rotatable bonds is 5. The average Bonchev–Trinajstić information content (AvgIpc) is 2.98. The van der Waals surface area contributed by atoms with E-state index in [0.29, 0.717) is 5.13 Å². The van der Waals surface area contributed by atoms with Crippen molar-refractivity contribution in [1.82, 2.24) is 4.98 Å². The van der Waals surface area contributed by atoms with E-state index in [1.807, 2.05) is 35.7 Å². The molecule has 1 heterocycles. The van der Waals surface area contributed by atoms with Crippen molar-refractivity contribution in [2.45, 2.75) is 6.92 Å². The Hall–Kier alpha value is -2.65. The van der Waals surface area contributed by atoms with Gasteiger partial charge in [-0.2, -0.15) is 5.26 Å². The van der Waals surface area contributed by atoms with Gasteiger partial charge in [-0.25, -0.2) is 9.78 Å². The molecule has 1 N–H and O–H groups in total. The number of benzene rings is 1. The summed E-state index contributed by atoms with van der Waals surface area (Å²) in [6.45, 7) is 1.92. The molecule has 0 saturated heterocycles. The fourth-order valence-electron chi connectivity index (χ4n) is 1.56. The molecule has 0 unspecified atom stereocenters. The van der Waals surface area contributed by atoms with Crippen molar-refractivity contribution in [3.63, 3.8) is 0 Å². The van der Waals surface area contributed by atoms with Gasteiger partial charge in [-0.3, -0.25) is 0 Å². The number of nitriles is 1. The van der Waals surface area contributed by atoms with Crippen molar-refractivity contribution in [3.8, 4) is 17.3 Å². The van der Waals surface area contributed by atoms with Gasteiger partial charge in [0.15, 0.2) is 10.7 Å². The average molecular weight is 299 g/mol. The first kappa shape index (κ1) is 14.8. The molecule has 0 spiro atoms. The summed E-state index contributed by atoms with van der Waals surface area (Å²) in [6, 6.07) is 11.6. The first-order valence-electron chi connectivity index (χ1n) is 6.29. The monoisotopic (exact) mass is 299 g/mol. The van der Waals surface area contributed by atoms with Gasteiger partial charge in [-0.15, -0.1) is 11.3 Å². The van der Waals surface area contributed by atoms with Crippen LogP contribution in [0.1, 0.15) is 6.92 Å². The van der Waals surface area contributed by atoms with Gasteiger partial charge in [0.2, 0.25) is 0 Å². The summed E-state index contributed by atoms with van der Waals surface area (Å²) in [5, 5.41) is 14.3. The number of nitrogens with one attached hydrogen (secondary N) is 1. The molecule has 0 saturated carbocycles. The SMILES string of the molecule is CCOC(=O)/C(C#N)=C/Nc1nc(-c2ccccc2)cs1. The molecule has 5 nitrogen and oxygen atoms in total. The Bertz CT molecular complexity index is 686. The predicted molar refractivity (Wildman–Crippen MR) is 81.5 cm³/mol. The lowest BCUT2D eigenvalue weighted by atomic mass is 10.2. The lowest BCUT2D eigenvalue weighted by Crippen LogP contribution is -2.07. The molecular weight excluding hydrogens is 286 g/mol. The molecule has 1 aromatic carbocycles. The van der Waals surface area contributed by atoms with Crippen LogP contribution in [-0.4, -0.2) is 17.6 Å². The Balaban J connectivity index is 2.09. The van der Waals surface area contributed by atoms with E-state index in [1.165, 1.54) is 17.5 Å². The third-order valence-electron chi connectivity index (χ3n) is 2.53. The van der Waals surface area contributed by atoms with Crippen molar-refractivity contribution >= 4 is 22.4 Å². The molecule has 0 radical (unpaired) electrons. The van der Waals surface area contributed by atoms with Gasteiger partial charge in [-0.1, -0.05) is 30.3 Å². The van der Waals surface area contributed by atoms with Crippen molar-refractivity contribution in [3.05, 3.63) is 47.5 Å². The lowest BCUT2D eigenvalue weighted by Gasteiger charge is -1.99. The number of anilines is 1. The molecule has 21 heavy (non-hydrogen) atoms. The second-order valence-electron chi connectivity index (χ2n) is 3.94. The van der Waals surface area contributed by atoms with Crippen molar-refractivity contribution in [1.29, 1.82) is 5.26 Å². The minimum Gasteiger partial charge on any atom is -0.462 e. The number of aromatic nitrogens is 1. The number of carbonyl (C=O) groups excluding carboxylic acids is 1. The van der Waals surface area contributed by atoms with Crippen LogP contribution in [0.4, 0.5) is 5.13 Å². The summed E-state index contributed by atoms with van der Waals surface area (Å²) in [6.07, 6.45) is 1.31. The predicted octanol–water partition coefficient (Wildman–Crippen LogP) is 3.19. The van der Waals surface area contributed by atoms with Gasteiger partial charge in [0.25, 0.3) is 0 Å². The molecule has 0 aliphatic heterocycles. The molecule has 2 aromatic rings. The van der Waals surface area contributed by atoms with E-state index >= 15 is 0 Å². The lowest BCUT2D eigenvalue weighted by molar-refractivity contribution is -0.138. The standard InChI is InChI=1S/C15H13N3O2S/c1-2-20-14(19)12(8-16)9-17-15-18-13(10-21-15)11-6-4-3-5-7-11/h3-7,9-10H,2H2,1H3,(H,17,18)/b12-9+. The molecule has 0 fully saturated rings. The van der Waals surface area contributed by atoms with Crippen LogP contribution < -0.4 is 5.32 Å². The van der Waals surface area contributed by atoms with E-state index in [1.54, 1.807) is 13.0 Å². The van der Waals surface area contributed by atoms with Gasteiger partial charge in [-0.05, 0) is 6.92 Å². The Morgan fingerprint density at radius 2 is 2.24 bits per heavy atom. The van der Waals surface area contributed by atoms with E-state index in [0.717, 1.165) is 11.3 Å². The van der Waals surface area contributed by atoms with E-state index in [2.05, 4.69) is 10.3 Å². The zero-order valence-corrected chi connectivity index (χ0v) is 12.2. The van der Waals surface area contributed by atoms with Crippen LogP contribution >= 0.6 is 11.3 Å². The number of ether oxygens (including phenoxy) is 1. The summed E-state index contributed by atoms with van der Waals surface area (Å²) in [7, 11) is 0. The zero-order chi connectivity index (χ0) is 15.1. The van der Waals surface area contributed by atoms with Gasteiger partial charge in [0.05, 0.1) is 12.3 Å². The van der Waals surface area contributed by atoms with E-state index in [-0.39, 0.29) is 12.2 Å². The maximum Gasteiger partial charge on any atom is 0.350 e. The van der Waals surface area contributed by atoms with Gasteiger partial charge in [0.1, 0.15) is 6.07 Å². The Kier molecular flexibility index (Phi) is 5.07. The van der Waals surface area contributed by atoms with Crippen molar-refractivity contribution in [2.75, 3.05) is 11.9 Å². The minimum absolute atomic E-state index is 0.0895. The van der Waals surface area contributed by atoms with Crippen LogP contribution in [0, 0.1) is 11.3 Å². The highest BCUT2D eigenvalue weighted by Gasteiger charge is 2.10. The quantitative estimate of drug-likeness (QED) is 0.521. The van der Waals surface area contributed by atoms with Crippen LogP contribution in [0.2, 0.25) is 0 Å². The van der Waals surface area contributed by atoms with Gasteiger partial charge < -0.3 is 10.1 Å². The highest BCUT2D eigenvalue weighted by molar-refractivity contribution is 7.14. The summed E-state index contributed by atoms with van der Waals surface area (Å²) in [5.41, 5.74) is 1.76. The number of hydrogen-bond acceptors (Lipinski definition) is 6. The maximum absolute atomic E-state index is 11.5. The highest BCUT2D eigenvalue weighted by Crippen LogP contribution is 2.24. The molecule has 0 aliphatic carbocycles. The van der Waals surface area contributed by atoms with Crippen LogP contribution in [-0.2, 0) is 9.53 Å². The summed E-state index contributed by atoms with van der Waals surface area (Å²) in [4.78, 5) is 15.8. The summed E-state index contributed by atoms with van der Waals surface area (Å²) < 4.78 is 4.77. The topological polar surface area (TPSA) is 75.0 Å². The second kappa shape index (κ2) is 7.22. The number of nitrogens with zero attached hydrogens (tertiary/aromatic N) is 2. The molecule has 6 heteroatoms. The van der Waals surface area contributed by atoms with E-state index in [9.17, 15) is 4.79 Å². The van der Waals surface area contributed by atoms with E-state index < -0.39 is 5.97 Å². The highest BCUT2D eigenvalue weighted by atomic mass is 32.1. The molecule has 0 aliphatic rings. The maximum atomic E-state index is 11.5. The van der Waals surface area contributed by atoms with Gasteiger partial charge >= 0.3 is 5.97 Å². The molecule has 0 bridgehead atoms. The number of hydrogen-bond donors (Lipinski definition) is 1. The second-order valence-corrected chi connectivity index (χ2v) is 4.80. The largest absolute Gasteiger partial charge is 0.462 e. The van der Waals surface area contributed by atoms with Crippen molar-refractivity contribution in [2.24, 2.45) is 0 Å². The first-order chi connectivity index (χ1) is 10.2. The molecule has 0 amide bonds.